The molecule has 0 bridgehead atoms. The Labute approximate surface area is 86.8 Å². The normalized spacial score (nSPS) is 14.6. The van der Waals surface area contributed by atoms with Gasteiger partial charge in [0.15, 0.2) is 0 Å². The molecule has 0 aliphatic carbocycles. The number of fused-ring (bicyclic) bond motifs is 1. The van der Waals surface area contributed by atoms with Gasteiger partial charge in [0.05, 0.1) is 4.90 Å². The number of hydrogen-bond donors (Lipinski definition) is 1. The zero-order valence-corrected chi connectivity index (χ0v) is 8.77. The molecule has 0 unspecified atom stereocenters. The highest BCUT2D eigenvalue weighted by atomic mass is 35.7. The molecule has 0 fully saturated rings. The van der Waals surface area contributed by atoms with Gasteiger partial charge in [0.1, 0.15) is 0 Å². The highest BCUT2D eigenvalue weighted by Crippen LogP contribution is 2.25. The van der Waals surface area contributed by atoms with Crippen LogP contribution < -0.4 is 5.32 Å². The second-order valence-electron chi connectivity index (χ2n) is 2.98. The highest BCUT2D eigenvalue weighted by Gasteiger charge is 2.17. The first kappa shape index (κ1) is 9.55. The third-order valence-electron chi connectivity index (χ3n) is 2.08. The lowest BCUT2D eigenvalue weighted by Crippen LogP contribution is -2.12. The minimum Gasteiger partial charge on any atom is -0.387 e. The average molecular weight is 230 g/mol. The summed E-state index contributed by atoms with van der Waals surface area (Å²) in [5, 5.41) is 3.00. The van der Waals surface area contributed by atoms with Gasteiger partial charge in [0.25, 0.3) is 9.05 Å². The lowest BCUT2D eigenvalue weighted by atomic mass is 10.1. The summed E-state index contributed by atoms with van der Waals surface area (Å²) in [4.78, 5) is 0.175. The van der Waals surface area contributed by atoms with Gasteiger partial charge in [-0.15, -0.1) is 0 Å². The maximum atomic E-state index is 11.2. The van der Waals surface area contributed by atoms with Crippen molar-refractivity contribution in [1.29, 1.82) is 0 Å². The molecule has 14 heavy (non-hydrogen) atoms. The first-order chi connectivity index (χ1) is 6.59. The Balaban J connectivity index is 2.71. The maximum absolute atomic E-state index is 11.2. The van der Waals surface area contributed by atoms with Crippen molar-refractivity contribution >= 4 is 25.8 Å². The van der Waals surface area contributed by atoms with Crippen LogP contribution in [-0.4, -0.2) is 8.42 Å². The molecule has 0 amide bonds. The Morgan fingerprint density at radius 3 is 2.86 bits per heavy atom. The smallest absolute Gasteiger partial charge is 0.261 e. The largest absolute Gasteiger partial charge is 0.387 e. The minimum atomic E-state index is -3.65. The summed E-state index contributed by atoms with van der Waals surface area (Å²) in [5.41, 5.74) is 1.62. The highest BCUT2D eigenvalue weighted by molar-refractivity contribution is 8.13. The summed E-state index contributed by atoms with van der Waals surface area (Å²) >= 11 is 0. The second kappa shape index (κ2) is 3.29. The van der Waals surface area contributed by atoms with E-state index in [-0.39, 0.29) is 4.90 Å². The molecule has 0 spiro atoms. The fourth-order valence-corrected chi connectivity index (χ4v) is 2.56. The Morgan fingerprint density at radius 1 is 1.36 bits per heavy atom. The van der Waals surface area contributed by atoms with E-state index in [0.717, 1.165) is 5.56 Å². The molecule has 1 aromatic carbocycles. The fourth-order valence-electron chi connectivity index (χ4n) is 1.46. The molecule has 0 atom stereocenters. The number of hydrogen-bond acceptors (Lipinski definition) is 3. The quantitative estimate of drug-likeness (QED) is 0.746. The van der Waals surface area contributed by atoms with Gasteiger partial charge in [-0.3, -0.25) is 0 Å². The zero-order chi connectivity index (χ0) is 10.2. The van der Waals surface area contributed by atoms with Gasteiger partial charge in [0, 0.05) is 22.8 Å². The van der Waals surface area contributed by atoms with E-state index in [1.165, 1.54) is 6.07 Å². The molecule has 1 aromatic rings. The molecule has 1 aliphatic heterocycles. The minimum absolute atomic E-state index is 0.175. The Morgan fingerprint density at radius 2 is 2.14 bits per heavy atom. The molecular weight excluding hydrogens is 222 g/mol. The van der Waals surface area contributed by atoms with Crippen LogP contribution in [0.1, 0.15) is 11.1 Å². The average Bonchev–Trinajstić information content (AvgIpc) is 2.15. The number of nitrogens with one attached hydrogen (secondary N) is 1. The molecule has 0 saturated heterocycles. The van der Waals surface area contributed by atoms with Gasteiger partial charge in [-0.05, 0) is 23.9 Å². The van der Waals surface area contributed by atoms with Crippen LogP contribution in [0, 0.1) is 0 Å². The number of rotatable bonds is 1. The van der Waals surface area contributed by atoms with Crippen LogP contribution in [0.4, 0.5) is 0 Å². The van der Waals surface area contributed by atoms with Crippen LogP contribution in [0.15, 0.2) is 29.3 Å². The van der Waals surface area contributed by atoms with Gasteiger partial charge in [-0.2, -0.15) is 0 Å². The topological polar surface area (TPSA) is 46.2 Å². The predicted molar refractivity (Wildman–Crippen MR) is 55.4 cm³/mol. The third kappa shape index (κ3) is 1.63. The van der Waals surface area contributed by atoms with Crippen LogP contribution in [0.5, 0.6) is 0 Å². The van der Waals surface area contributed by atoms with Crippen molar-refractivity contribution in [3.05, 3.63) is 35.5 Å². The van der Waals surface area contributed by atoms with Crippen molar-refractivity contribution in [3.8, 4) is 0 Å². The van der Waals surface area contributed by atoms with Crippen LogP contribution in [0.3, 0.4) is 0 Å². The summed E-state index contributed by atoms with van der Waals surface area (Å²) in [6, 6.07) is 5.07. The Kier molecular flexibility index (Phi) is 2.25. The zero-order valence-electron chi connectivity index (χ0n) is 7.20. The Bertz CT molecular complexity index is 494. The van der Waals surface area contributed by atoms with Crippen molar-refractivity contribution in [1.82, 2.24) is 5.32 Å². The third-order valence-corrected chi connectivity index (χ3v) is 3.46. The summed E-state index contributed by atoms with van der Waals surface area (Å²) in [6.45, 7) is 0.631. The van der Waals surface area contributed by atoms with Crippen molar-refractivity contribution in [2.75, 3.05) is 0 Å². The molecule has 1 aliphatic rings. The first-order valence-electron chi connectivity index (χ1n) is 4.05. The molecule has 5 heteroatoms. The lowest BCUT2D eigenvalue weighted by molar-refractivity contribution is 0.609. The molecule has 2 rings (SSSR count). The molecule has 74 valence electrons. The monoisotopic (exact) mass is 229 g/mol. The molecule has 3 nitrogen and oxygen atoms in total. The van der Waals surface area contributed by atoms with Crippen molar-refractivity contribution in [2.45, 2.75) is 11.4 Å². The van der Waals surface area contributed by atoms with E-state index in [2.05, 4.69) is 5.32 Å². The summed E-state index contributed by atoms with van der Waals surface area (Å²) in [5.74, 6) is 0. The van der Waals surface area contributed by atoms with Gasteiger partial charge in [-0.25, -0.2) is 8.42 Å². The van der Waals surface area contributed by atoms with Gasteiger partial charge in [0.2, 0.25) is 0 Å². The standard InChI is InChI=1S/C9H8ClNO2S/c10-14(12,13)9-3-1-2-7-6-11-5-4-8(7)9/h1-5,11H,6H2. The van der Waals surface area contributed by atoms with Gasteiger partial charge in [-0.1, -0.05) is 12.1 Å². The number of benzene rings is 1. The molecule has 0 radical (unpaired) electrons. The van der Waals surface area contributed by atoms with Crippen LogP contribution in [0.25, 0.3) is 6.08 Å². The van der Waals surface area contributed by atoms with E-state index in [0.29, 0.717) is 12.1 Å². The summed E-state index contributed by atoms with van der Waals surface area (Å²) in [6.07, 6.45) is 3.43. The van der Waals surface area contributed by atoms with Crippen molar-refractivity contribution < 1.29 is 8.42 Å². The van der Waals surface area contributed by atoms with Crippen molar-refractivity contribution in [3.63, 3.8) is 0 Å². The lowest BCUT2D eigenvalue weighted by Gasteiger charge is -2.13. The SMILES string of the molecule is O=S(=O)(Cl)c1cccc2c1C=CNC2. The van der Waals surface area contributed by atoms with Gasteiger partial charge >= 0.3 is 0 Å². The van der Waals surface area contributed by atoms with E-state index < -0.39 is 9.05 Å². The van der Waals surface area contributed by atoms with Crippen LogP contribution in [-0.2, 0) is 15.6 Å². The maximum Gasteiger partial charge on any atom is 0.261 e. The van der Waals surface area contributed by atoms with Crippen LogP contribution in [0.2, 0.25) is 0 Å². The number of halogens is 1. The van der Waals surface area contributed by atoms with E-state index >= 15 is 0 Å². The second-order valence-corrected chi connectivity index (χ2v) is 5.52. The van der Waals surface area contributed by atoms with E-state index in [9.17, 15) is 8.42 Å². The van der Waals surface area contributed by atoms with Crippen molar-refractivity contribution in [2.24, 2.45) is 0 Å². The summed E-state index contributed by atoms with van der Waals surface area (Å²) in [7, 11) is 1.66. The predicted octanol–water partition coefficient (Wildman–Crippen LogP) is 1.69. The van der Waals surface area contributed by atoms with E-state index in [1.807, 2.05) is 6.07 Å². The Hall–Kier alpha value is -1.00. The van der Waals surface area contributed by atoms with E-state index in [1.54, 1.807) is 18.3 Å². The molecule has 0 saturated carbocycles. The van der Waals surface area contributed by atoms with E-state index in [4.69, 9.17) is 10.7 Å². The molecule has 1 N–H and O–H groups in total. The fraction of sp³-hybridized carbons (Fsp3) is 0.111. The van der Waals surface area contributed by atoms with Crippen LogP contribution >= 0.6 is 10.7 Å². The van der Waals surface area contributed by atoms with Gasteiger partial charge < -0.3 is 5.32 Å². The molecule has 1 heterocycles. The first-order valence-corrected chi connectivity index (χ1v) is 6.36. The summed E-state index contributed by atoms with van der Waals surface area (Å²) < 4.78 is 22.4. The molecule has 0 aromatic heterocycles. The molecular formula is C9H8ClNO2S.